The van der Waals surface area contributed by atoms with E-state index in [9.17, 15) is 5.11 Å². The van der Waals surface area contributed by atoms with Crippen molar-refractivity contribution in [2.45, 2.75) is 46.6 Å². The number of aromatic nitrogens is 2. The Morgan fingerprint density at radius 1 is 1.28 bits per heavy atom. The van der Waals surface area contributed by atoms with Gasteiger partial charge in [0.1, 0.15) is 5.82 Å². The monoisotopic (exact) mass is 251 g/mol. The van der Waals surface area contributed by atoms with Crippen LogP contribution in [-0.4, -0.2) is 28.0 Å². The number of aliphatic hydroxyl groups is 1. The molecule has 0 bridgehead atoms. The van der Waals surface area contributed by atoms with Crippen LogP contribution in [0.2, 0.25) is 0 Å². The van der Waals surface area contributed by atoms with E-state index in [-0.39, 0.29) is 6.61 Å². The molecule has 1 N–H and O–H groups in total. The molecule has 102 valence electrons. The molecule has 1 aromatic heterocycles. The minimum Gasteiger partial charge on any atom is -0.391 e. The van der Waals surface area contributed by atoms with Gasteiger partial charge in [0.15, 0.2) is 0 Å². The van der Waals surface area contributed by atoms with Crippen molar-refractivity contribution in [3.63, 3.8) is 0 Å². The first kappa shape index (κ1) is 13.4. The van der Waals surface area contributed by atoms with Crippen molar-refractivity contribution in [2.75, 3.05) is 18.0 Å². The molecule has 1 saturated heterocycles. The van der Waals surface area contributed by atoms with Crippen LogP contribution in [0.15, 0.2) is 0 Å². The van der Waals surface area contributed by atoms with Crippen LogP contribution in [-0.2, 0) is 13.7 Å². The van der Waals surface area contributed by atoms with Crippen molar-refractivity contribution in [2.24, 2.45) is 12.5 Å². The quantitative estimate of drug-likeness (QED) is 0.876. The van der Waals surface area contributed by atoms with Gasteiger partial charge in [-0.25, -0.2) is 0 Å². The highest BCUT2D eigenvalue weighted by molar-refractivity contribution is 5.50. The van der Waals surface area contributed by atoms with Crippen LogP contribution in [0.1, 0.15) is 44.4 Å². The Labute approximate surface area is 110 Å². The standard InChI is InChI=1S/C14H25N3O/c1-11-12(10-18)13(16(4)15-11)17-8-5-6-14(2,3)7-9-17/h18H,5-10H2,1-4H3. The summed E-state index contributed by atoms with van der Waals surface area (Å²) in [6.07, 6.45) is 3.68. The van der Waals surface area contributed by atoms with Crippen molar-refractivity contribution >= 4 is 5.82 Å². The molecule has 0 amide bonds. The lowest BCUT2D eigenvalue weighted by Crippen LogP contribution is -2.28. The van der Waals surface area contributed by atoms with E-state index in [2.05, 4.69) is 23.8 Å². The van der Waals surface area contributed by atoms with Gasteiger partial charge in [-0.2, -0.15) is 5.10 Å². The molecule has 4 nitrogen and oxygen atoms in total. The van der Waals surface area contributed by atoms with Crippen LogP contribution in [0.5, 0.6) is 0 Å². The van der Waals surface area contributed by atoms with E-state index >= 15 is 0 Å². The predicted molar refractivity (Wildman–Crippen MR) is 73.7 cm³/mol. The van der Waals surface area contributed by atoms with Gasteiger partial charge in [0, 0.05) is 25.7 Å². The number of hydrogen-bond acceptors (Lipinski definition) is 3. The molecular weight excluding hydrogens is 226 g/mol. The molecule has 2 heterocycles. The van der Waals surface area contributed by atoms with Gasteiger partial charge in [0.05, 0.1) is 12.3 Å². The fourth-order valence-corrected chi connectivity index (χ4v) is 2.91. The van der Waals surface area contributed by atoms with Gasteiger partial charge in [-0.05, 0) is 31.6 Å². The van der Waals surface area contributed by atoms with Gasteiger partial charge in [0.25, 0.3) is 0 Å². The second kappa shape index (κ2) is 4.92. The zero-order valence-corrected chi connectivity index (χ0v) is 12.0. The van der Waals surface area contributed by atoms with Crippen LogP contribution in [0.4, 0.5) is 5.82 Å². The van der Waals surface area contributed by atoms with Crippen LogP contribution >= 0.6 is 0 Å². The van der Waals surface area contributed by atoms with E-state index in [4.69, 9.17) is 0 Å². The second-order valence-electron chi connectivity index (χ2n) is 6.17. The summed E-state index contributed by atoms with van der Waals surface area (Å²) in [6.45, 7) is 8.86. The van der Waals surface area contributed by atoms with Crippen LogP contribution in [0, 0.1) is 12.3 Å². The lowest BCUT2D eigenvalue weighted by molar-refractivity contribution is 0.281. The van der Waals surface area contributed by atoms with E-state index in [1.807, 2.05) is 18.7 Å². The smallest absolute Gasteiger partial charge is 0.132 e. The minimum atomic E-state index is 0.0783. The summed E-state index contributed by atoms with van der Waals surface area (Å²) in [6, 6.07) is 0. The highest BCUT2D eigenvalue weighted by atomic mass is 16.3. The maximum atomic E-state index is 9.54. The maximum absolute atomic E-state index is 9.54. The van der Waals surface area contributed by atoms with E-state index < -0.39 is 0 Å². The normalized spacial score (nSPS) is 19.9. The van der Waals surface area contributed by atoms with Crippen molar-refractivity contribution in [1.82, 2.24) is 9.78 Å². The number of aliphatic hydroxyl groups excluding tert-OH is 1. The molecule has 1 aliphatic rings. The molecule has 0 atom stereocenters. The molecule has 0 spiro atoms. The third kappa shape index (κ3) is 2.53. The summed E-state index contributed by atoms with van der Waals surface area (Å²) in [5, 5.41) is 14.0. The molecule has 0 saturated carbocycles. The summed E-state index contributed by atoms with van der Waals surface area (Å²) < 4.78 is 1.92. The average molecular weight is 251 g/mol. The van der Waals surface area contributed by atoms with Gasteiger partial charge in [-0.3, -0.25) is 4.68 Å². The van der Waals surface area contributed by atoms with Gasteiger partial charge in [-0.15, -0.1) is 0 Å². The summed E-state index contributed by atoms with van der Waals surface area (Å²) in [5.41, 5.74) is 2.36. The SMILES string of the molecule is Cc1nn(C)c(N2CCCC(C)(C)CC2)c1CO. The van der Waals surface area contributed by atoms with Crippen molar-refractivity contribution in [3.05, 3.63) is 11.3 Å². The molecule has 0 aromatic carbocycles. The van der Waals surface area contributed by atoms with Gasteiger partial charge >= 0.3 is 0 Å². The van der Waals surface area contributed by atoms with E-state index in [0.717, 1.165) is 30.2 Å². The van der Waals surface area contributed by atoms with Crippen LogP contribution in [0.3, 0.4) is 0 Å². The minimum absolute atomic E-state index is 0.0783. The van der Waals surface area contributed by atoms with E-state index in [1.54, 1.807) is 0 Å². The lowest BCUT2D eigenvalue weighted by Gasteiger charge is -2.25. The summed E-state index contributed by atoms with van der Waals surface area (Å²) in [4.78, 5) is 2.39. The summed E-state index contributed by atoms with van der Waals surface area (Å²) in [5.74, 6) is 1.10. The van der Waals surface area contributed by atoms with Crippen LogP contribution in [0.25, 0.3) is 0 Å². The first-order valence-corrected chi connectivity index (χ1v) is 6.83. The Morgan fingerprint density at radius 2 is 2.00 bits per heavy atom. The Morgan fingerprint density at radius 3 is 2.67 bits per heavy atom. The first-order chi connectivity index (χ1) is 8.44. The Balaban J connectivity index is 2.26. The molecule has 1 aromatic rings. The predicted octanol–water partition coefficient (Wildman–Crippen LogP) is 2.24. The number of rotatable bonds is 2. The van der Waals surface area contributed by atoms with E-state index in [0.29, 0.717) is 5.41 Å². The van der Waals surface area contributed by atoms with Gasteiger partial charge < -0.3 is 10.0 Å². The molecule has 0 unspecified atom stereocenters. The molecule has 0 radical (unpaired) electrons. The summed E-state index contributed by atoms with van der Waals surface area (Å²) >= 11 is 0. The topological polar surface area (TPSA) is 41.3 Å². The third-order valence-corrected chi connectivity index (χ3v) is 4.11. The maximum Gasteiger partial charge on any atom is 0.132 e. The highest BCUT2D eigenvalue weighted by Gasteiger charge is 2.26. The Bertz CT molecular complexity index is 423. The number of aryl methyl sites for hydroxylation is 2. The molecular formula is C14H25N3O. The van der Waals surface area contributed by atoms with Crippen molar-refractivity contribution in [1.29, 1.82) is 0 Å². The molecule has 1 fully saturated rings. The Hall–Kier alpha value is -1.03. The molecule has 1 aliphatic heterocycles. The van der Waals surface area contributed by atoms with Crippen molar-refractivity contribution in [3.8, 4) is 0 Å². The fraction of sp³-hybridized carbons (Fsp3) is 0.786. The summed E-state index contributed by atoms with van der Waals surface area (Å²) in [7, 11) is 1.97. The average Bonchev–Trinajstić information content (AvgIpc) is 2.45. The molecule has 18 heavy (non-hydrogen) atoms. The highest BCUT2D eigenvalue weighted by Crippen LogP contribution is 2.33. The number of hydrogen-bond donors (Lipinski definition) is 1. The lowest BCUT2D eigenvalue weighted by atomic mass is 9.85. The largest absolute Gasteiger partial charge is 0.391 e. The molecule has 2 rings (SSSR count). The third-order valence-electron chi connectivity index (χ3n) is 4.11. The zero-order chi connectivity index (χ0) is 13.3. The number of anilines is 1. The van der Waals surface area contributed by atoms with Crippen molar-refractivity contribution < 1.29 is 5.11 Å². The van der Waals surface area contributed by atoms with E-state index in [1.165, 1.54) is 19.3 Å². The first-order valence-electron chi connectivity index (χ1n) is 6.83. The number of nitrogens with zero attached hydrogens (tertiary/aromatic N) is 3. The zero-order valence-electron chi connectivity index (χ0n) is 12.0. The fourth-order valence-electron chi connectivity index (χ4n) is 2.91. The second-order valence-corrected chi connectivity index (χ2v) is 6.17. The Kier molecular flexibility index (Phi) is 3.66. The van der Waals surface area contributed by atoms with Gasteiger partial charge in [-0.1, -0.05) is 13.8 Å². The molecule has 0 aliphatic carbocycles. The molecule has 4 heteroatoms. The van der Waals surface area contributed by atoms with Gasteiger partial charge in [0.2, 0.25) is 0 Å². The van der Waals surface area contributed by atoms with Crippen LogP contribution < -0.4 is 4.90 Å².